The van der Waals surface area contributed by atoms with E-state index in [4.69, 9.17) is 4.74 Å². The van der Waals surface area contributed by atoms with Crippen molar-refractivity contribution in [3.63, 3.8) is 0 Å². The molecular weight excluding hydrogens is 255 g/mol. The van der Waals surface area contributed by atoms with Crippen molar-refractivity contribution in [1.82, 2.24) is 10.2 Å². The number of methoxy groups -OCH3 is 1. The van der Waals surface area contributed by atoms with Crippen LogP contribution in [0.5, 0.6) is 5.75 Å². The first-order chi connectivity index (χ1) is 8.24. The molecule has 1 aliphatic heterocycles. The largest absolute Gasteiger partial charge is 0.493 e. The van der Waals surface area contributed by atoms with Crippen LogP contribution in [-0.4, -0.2) is 38.2 Å². The predicted molar refractivity (Wildman–Crippen MR) is 73.1 cm³/mol. The molecular formula is C13H20ClFN2O. The molecule has 1 aromatic carbocycles. The van der Waals surface area contributed by atoms with Crippen molar-refractivity contribution in [2.24, 2.45) is 0 Å². The summed E-state index contributed by atoms with van der Waals surface area (Å²) in [7, 11) is 1.52. The normalized spacial score (nSPS) is 17.9. The van der Waals surface area contributed by atoms with Gasteiger partial charge in [0.1, 0.15) is 0 Å². The van der Waals surface area contributed by atoms with E-state index >= 15 is 0 Å². The van der Waals surface area contributed by atoms with Gasteiger partial charge in [0, 0.05) is 37.8 Å². The van der Waals surface area contributed by atoms with Crippen molar-refractivity contribution in [1.29, 1.82) is 0 Å². The average Bonchev–Trinajstić information content (AvgIpc) is 2.38. The fraction of sp³-hybridized carbons (Fsp3) is 0.538. The van der Waals surface area contributed by atoms with E-state index in [1.807, 2.05) is 6.07 Å². The van der Waals surface area contributed by atoms with E-state index in [1.54, 1.807) is 6.07 Å². The molecule has 0 amide bonds. The zero-order valence-electron chi connectivity index (χ0n) is 10.8. The van der Waals surface area contributed by atoms with E-state index in [2.05, 4.69) is 17.1 Å². The Labute approximate surface area is 114 Å². The Morgan fingerprint density at radius 3 is 2.61 bits per heavy atom. The maximum absolute atomic E-state index is 13.6. The van der Waals surface area contributed by atoms with Gasteiger partial charge in [-0.25, -0.2) is 4.39 Å². The first kappa shape index (κ1) is 15.2. The summed E-state index contributed by atoms with van der Waals surface area (Å²) in [4.78, 5) is 2.34. The molecule has 0 aliphatic carbocycles. The fourth-order valence-corrected chi connectivity index (χ4v) is 2.34. The number of rotatable bonds is 3. The van der Waals surface area contributed by atoms with Crippen LogP contribution in [0.25, 0.3) is 0 Å². The molecule has 0 unspecified atom stereocenters. The molecule has 1 N–H and O–H groups in total. The molecule has 0 radical (unpaired) electrons. The molecule has 2 rings (SSSR count). The van der Waals surface area contributed by atoms with Crippen molar-refractivity contribution in [3.05, 3.63) is 29.6 Å². The van der Waals surface area contributed by atoms with Crippen LogP contribution in [0.15, 0.2) is 18.2 Å². The molecule has 0 saturated carbocycles. The smallest absolute Gasteiger partial charge is 0.165 e. The van der Waals surface area contributed by atoms with E-state index in [1.165, 1.54) is 13.2 Å². The van der Waals surface area contributed by atoms with Gasteiger partial charge < -0.3 is 10.1 Å². The van der Waals surface area contributed by atoms with E-state index in [0.717, 1.165) is 31.7 Å². The molecule has 1 aliphatic rings. The van der Waals surface area contributed by atoms with Gasteiger partial charge in [0.25, 0.3) is 0 Å². The Morgan fingerprint density at radius 1 is 1.33 bits per heavy atom. The van der Waals surface area contributed by atoms with Gasteiger partial charge in [-0.2, -0.15) is 0 Å². The van der Waals surface area contributed by atoms with E-state index in [9.17, 15) is 4.39 Å². The molecule has 18 heavy (non-hydrogen) atoms. The second-order valence-corrected chi connectivity index (χ2v) is 4.32. The van der Waals surface area contributed by atoms with Crippen molar-refractivity contribution in [3.8, 4) is 5.75 Å². The van der Waals surface area contributed by atoms with E-state index in [0.29, 0.717) is 5.75 Å². The predicted octanol–water partition coefficient (Wildman–Crippen LogP) is 2.22. The number of nitrogens with one attached hydrogen (secondary N) is 1. The highest BCUT2D eigenvalue weighted by atomic mass is 35.5. The lowest BCUT2D eigenvalue weighted by atomic mass is 10.0. The quantitative estimate of drug-likeness (QED) is 0.915. The molecule has 1 atom stereocenters. The zero-order valence-corrected chi connectivity index (χ0v) is 11.6. The molecule has 3 nitrogen and oxygen atoms in total. The maximum atomic E-state index is 13.6. The summed E-state index contributed by atoms with van der Waals surface area (Å²) in [6.07, 6.45) is 0. The van der Waals surface area contributed by atoms with Crippen molar-refractivity contribution in [2.75, 3.05) is 33.3 Å². The van der Waals surface area contributed by atoms with Gasteiger partial charge in [-0.1, -0.05) is 12.1 Å². The number of hydrogen-bond donors (Lipinski definition) is 1. The SMILES string of the molecule is COc1c(F)cccc1[C@H](C)N1CCNCC1.Cl. The van der Waals surface area contributed by atoms with Crippen LogP contribution in [0, 0.1) is 5.82 Å². The molecule has 0 bridgehead atoms. The lowest BCUT2D eigenvalue weighted by molar-refractivity contribution is 0.182. The van der Waals surface area contributed by atoms with Gasteiger partial charge in [0.05, 0.1) is 7.11 Å². The second-order valence-electron chi connectivity index (χ2n) is 4.32. The summed E-state index contributed by atoms with van der Waals surface area (Å²) in [5, 5.41) is 3.31. The number of halogens is 2. The standard InChI is InChI=1S/C13H19FN2O.ClH/c1-10(16-8-6-15-7-9-16)11-4-3-5-12(14)13(11)17-2;/h3-5,10,15H,6-9H2,1-2H3;1H/t10-;/m0./s1. The van der Waals surface area contributed by atoms with Crippen molar-refractivity contribution >= 4 is 12.4 Å². The summed E-state index contributed by atoms with van der Waals surface area (Å²) in [6, 6.07) is 5.30. The third-order valence-electron chi connectivity index (χ3n) is 3.35. The number of piperazine rings is 1. The topological polar surface area (TPSA) is 24.5 Å². The molecule has 102 valence electrons. The third-order valence-corrected chi connectivity index (χ3v) is 3.35. The summed E-state index contributed by atoms with van der Waals surface area (Å²) >= 11 is 0. The number of benzene rings is 1. The highest BCUT2D eigenvalue weighted by Gasteiger charge is 2.22. The number of ether oxygens (including phenoxy) is 1. The van der Waals surface area contributed by atoms with Crippen molar-refractivity contribution < 1.29 is 9.13 Å². The molecule has 1 fully saturated rings. The van der Waals surface area contributed by atoms with Crippen LogP contribution >= 0.6 is 12.4 Å². The highest BCUT2D eigenvalue weighted by molar-refractivity contribution is 5.85. The van der Waals surface area contributed by atoms with Crippen LogP contribution in [0.3, 0.4) is 0 Å². The Balaban J connectivity index is 0.00000162. The number of nitrogens with zero attached hydrogens (tertiary/aromatic N) is 1. The van der Waals surface area contributed by atoms with Crippen LogP contribution in [-0.2, 0) is 0 Å². The minimum absolute atomic E-state index is 0. The second kappa shape index (κ2) is 6.92. The summed E-state index contributed by atoms with van der Waals surface area (Å²) in [6.45, 7) is 6.05. The molecule has 1 heterocycles. The first-order valence-corrected chi connectivity index (χ1v) is 6.01. The average molecular weight is 275 g/mol. The summed E-state index contributed by atoms with van der Waals surface area (Å²) in [5.41, 5.74) is 0.925. The Morgan fingerprint density at radius 2 is 2.00 bits per heavy atom. The highest BCUT2D eigenvalue weighted by Crippen LogP contribution is 2.31. The fourth-order valence-electron chi connectivity index (χ4n) is 2.34. The van der Waals surface area contributed by atoms with E-state index < -0.39 is 0 Å². The first-order valence-electron chi connectivity index (χ1n) is 6.01. The molecule has 0 spiro atoms. The van der Waals surface area contributed by atoms with Crippen LogP contribution in [0.1, 0.15) is 18.5 Å². The number of para-hydroxylation sites is 1. The van der Waals surface area contributed by atoms with Crippen LogP contribution in [0.2, 0.25) is 0 Å². The minimum atomic E-state index is -0.285. The molecule has 1 aromatic rings. The summed E-state index contributed by atoms with van der Waals surface area (Å²) in [5.74, 6) is 0.0884. The van der Waals surface area contributed by atoms with E-state index in [-0.39, 0.29) is 24.3 Å². The summed E-state index contributed by atoms with van der Waals surface area (Å²) < 4.78 is 18.8. The molecule has 5 heteroatoms. The Kier molecular flexibility index (Phi) is 5.85. The van der Waals surface area contributed by atoms with Gasteiger partial charge in [0.2, 0.25) is 0 Å². The Hall–Kier alpha value is -0.840. The van der Waals surface area contributed by atoms with Gasteiger partial charge in [-0.15, -0.1) is 12.4 Å². The lowest BCUT2D eigenvalue weighted by Gasteiger charge is -2.33. The molecule has 0 aromatic heterocycles. The van der Waals surface area contributed by atoms with Gasteiger partial charge in [-0.05, 0) is 13.0 Å². The van der Waals surface area contributed by atoms with Gasteiger partial charge >= 0.3 is 0 Å². The van der Waals surface area contributed by atoms with Gasteiger partial charge in [0.15, 0.2) is 11.6 Å². The van der Waals surface area contributed by atoms with Crippen LogP contribution < -0.4 is 10.1 Å². The number of hydrogen-bond acceptors (Lipinski definition) is 3. The van der Waals surface area contributed by atoms with Crippen molar-refractivity contribution in [2.45, 2.75) is 13.0 Å². The maximum Gasteiger partial charge on any atom is 0.165 e. The minimum Gasteiger partial charge on any atom is -0.493 e. The zero-order chi connectivity index (χ0) is 12.3. The lowest BCUT2D eigenvalue weighted by Crippen LogP contribution is -2.44. The van der Waals surface area contributed by atoms with Crippen LogP contribution in [0.4, 0.5) is 4.39 Å². The van der Waals surface area contributed by atoms with Gasteiger partial charge in [-0.3, -0.25) is 4.90 Å². The third kappa shape index (κ3) is 3.13. The Bertz CT molecular complexity index is 383. The molecule has 1 saturated heterocycles. The monoisotopic (exact) mass is 274 g/mol.